The predicted octanol–water partition coefficient (Wildman–Crippen LogP) is 6.78. The molecular formula is C54H69N11O8S. The summed E-state index contributed by atoms with van der Waals surface area (Å²) in [7, 11) is 4.49. The first kappa shape index (κ1) is 55.9. The van der Waals surface area contributed by atoms with E-state index < -0.39 is 23.6 Å². The van der Waals surface area contributed by atoms with Crippen molar-refractivity contribution in [1.82, 2.24) is 46.4 Å². The van der Waals surface area contributed by atoms with Gasteiger partial charge >= 0.3 is 0 Å². The van der Waals surface area contributed by atoms with E-state index in [0.29, 0.717) is 52.9 Å². The number of methoxy groups -OCH3 is 1. The van der Waals surface area contributed by atoms with E-state index in [2.05, 4.69) is 52.2 Å². The Morgan fingerprint density at radius 3 is 2.12 bits per heavy atom. The van der Waals surface area contributed by atoms with Crippen LogP contribution in [0.25, 0.3) is 10.4 Å². The summed E-state index contributed by atoms with van der Waals surface area (Å²) in [6.07, 6.45) is 8.56. The molecule has 8 N–H and O–H groups in total. The summed E-state index contributed by atoms with van der Waals surface area (Å²) in [5.74, 6) is -0.838. The number of aromatic nitrogens is 3. The number of thiazole rings is 1. The summed E-state index contributed by atoms with van der Waals surface area (Å²) in [6.45, 7) is 8.37. The topological polar surface area (TPSA) is 258 Å². The van der Waals surface area contributed by atoms with Gasteiger partial charge in [0.1, 0.15) is 23.7 Å². The zero-order chi connectivity index (χ0) is 53.4. The number of ether oxygens (including phenoxy) is 1. The first-order chi connectivity index (χ1) is 35.5. The number of aliphatic hydroxyl groups is 1. The molecule has 5 aromatic rings. The Bertz CT molecular complexity index is 2740. The van der Waals surface area contributed by atoms with E-state index in [1.165, 1.54) is 38.5 Å². The van der Waals surface area contributed by atoms with Gasteiger partial charge in [0.25, 0.3) is 17.7 Å². The van der Waals surface area contributed by atoms with Crippen molar-refractivity contribution in [3.8, 4) is 16.2 Å². The van der Waals surface area contributed by atoms with Crippen molar-refractivity contribution in [3.63, 3.8) is 0 Å². The van der Waals surface area contributed by atoms with Gasteiger partial charge in [-0.05, 0) is 60.6 Å². The van der Waals surface area contributed by atoms with Crippen molar-refractivity contribution in [2.45, 2.75) is 110 Å². The molecule has 1 saturated heterocycles. The molecule has 6 amide bonds. The van der Waals surface area contributed by atoms with Crippen molar-refractivity contribution in [2.24, 2.45) is 5.41 Å². The maximum atomic E-state index is 14.0. The van der Waals surface area contributed by atoms with Crippen molar-refractivity contribution in [1.29, 1.82) is 0 Å². The van der Waals surface area contributed by atoms with Gasteiger partial charge in [0.05, 0.1) is 57.4 Å². The number of aryl methyl sites for hydroxylation is 1. The van der Waals surface area contributed by atoms with Gasteiger partial charge in [0, 0.05) is 65.0 Å². The van der Waals surface area contributed by atoms with Crippen molar-refractivity contribution in [2.75, 3.05) is 44.9 Å². The number of anilines is 4. The largest absolute Gasteiger partial charge is 0.494 e. The first-order valence-corrected chi connectivity index (χ1v) is 25.8. The Kier molecular flexibility index (Phi) is 20.0. The molecule has 74 heavy (non-hydrogen) atoms. The predicted molar refractivity (Wildman–Crippen MR) is 286 cm³/mol. The zero-order valence-corrected chi connectivity index (χ0v) is 44.0. The smallest absolute Gasteiger partial charge is 0.254 e. The normalized spacial score (nSPS) is 14.6. The summed E-state index contributed by atoms with van der Waals surface area (Å²) >= 11 is 1.57. The molecule has 0 spiro atoms. The molecular weight excluding hydrogens is 963 g/mol. The number of para-hydroxylation sites is 1. The van der Waals surface area contributed by atoms with Crippen molar-refractivity contribution >= 4 is 69.8 Å². The maximum absolute atomic E-state index is 14.0. The molecule has 394 valence electrons. The number of aliphatic hydroxyl groups excluding tert-OH is 1. The quantitative estimate of drug-likeness (QED) is 0.0297. The SMILES string of the molecule is CNC(=O)c1cnc(Nc2ccc(C(=O)NCCCCCCCCCC(=O)N[C@H](C(=O)N3C[C@@H](O)C[C@H]3C(=O)NCc3ccc(-c4scnc4C)cc3)C(C)(C)C)cn2)cc1Nc1cccc(C(=O)NC)c1OC. The molecule has 0 saturated carbocycles. The number of pyridine rings is 2. The van der Waals surface area contributed by atoms with E-state index in [0.717, 1.165) is 60.2 Å². The van der Waals surface area contributed by atoms with E-state index in [1.54, 1.807) is 47.7 Å². The second-order valence-electron chi connectivity index (χ2n) is 19.3. The molecule has 19 nitrogen and oxygen atoms in total. The highest BCUT2D eigenvalue weighted by molar-refractivity contribution is 7.13. The van der Waals surface area contributed by atoms with E-state index in [1.807, 2.05) is 57.5 Å². The lowest BCUT2D eigenvalue weighted by Gasteiger charge is -2.35. The zero-order valence-electron chi connectivity index (χ0n) is 43.2. The van der Waals surface area contributed by atoms with Gasteiger partial charge in [-0.2, -0.15) is 0 Å². The Morgan fingerprint density at radius 2 is 1.47 bits per heavy atom. The monoisotopic (exact) mass is 1030 g/mol. The molecule has 20 heteroatoms. The first-order valence-electron chi connectivity index (χ1n) is 25.0. The number of β-amino-alcohol motifs (C(OH)–C–C–N with tert-alkyl or cyclic N) is 1. The van der Waals surface area contributed by atoms with Crippen LogP contribution in [-0.4, -0.2) is 113 Å². The fourth-order valence-corrected chi connectivity index (χ4v) is 9.41. The third kappa shape index (κ3) is 15.1. The minimum absolute atomic E-state index is 0.0110. The van der Waals surface area contributed by atoms with Crippen LogP contribution >= 0.6 is 11.3 Å². The average molecular weight is 1030 g/mol. The van der Waals surface area contributed by atoms with Gasteiger partial charge in [-0.15, -0.1) is 11.3 Å². The summed E-state index contributed by atoms with van der Waals surface area (Å²) < 4.78 is 5.55. The second-order valence-corrected chi connectivity index (χ2v) is 20.1. The number of benzene rings is 2. The molecule has 0 unspecified atom stereocenters. The third-order valence-electron chi connectivity index (χ3n) is 12.7. The number of hydrogen-bond acceptors (Lipinski definition) is 14. The fourth-order valence-electron chi connectivity index (χ4n) is 8.60. The van der Waals surface area contributed by atoms with Crippen molar-refractivity contribution in [3.05, 3.63) is 107 Å². The molecule has 6 rings (SSSR count). The summed E-state index contributed by atoms with van der Waals surface area (Å²) in [5.41, 5.74) is 5.90. The van der Waals surface area contributed by atoms with E-state index >= 15 is 0 Å². The standard InChI is InChI=1S/C54H69N11O8S/c1-33-47(74-32-61-33)35-21-19-34(20-22-35)28-60-52(71)42-26-37(66)31-65(42)53(72)48(54(2,3)4)64-45(67)18-13-11-9-8-10-12-14-25-57-49(68)36-23-24-43(58-29-36)63-44-27-41(39(30-59-44)51(70)56-6)62-40-17-15-16-38(46(40)73-7)50(69)55-5/h15-17,19-24,27,29-30,32,37,42,48,66H,8-14,18,25-26,28,31H2,1-7H3,(H,55,69)(H,56,70)(H,57,68)(H,60,71)(H,64,67)(H2,58,59,62,63)/t37-,42-,48+/m0/s1. The lowest BCUT2D eigenvalue weighted by molar-refractivity contribution is -0.144. The minimum Gasteiger partial charge on any atom is -0.494 e. The molecule has 2 aromatic carbocycles. The molecule has 3 atom stereocenters. The highest BCUT2D eigenvalue weighted by atomic mass is 32.1. The highest BCUT2D eigenvalue weighted by Crippen LogP contribution is 2.34. The van der Waals surface area contributed by atoms with Crippen LogP contribution in [-0.2, 0) is 20.9 Å². The molecule has 1 fully saturated rings. The Hall–Kier alpha value is -7.45. The molecule has 1 aliphatic heterocycles. The number of nitrogens with zero attached hydrogens (tertiary/aromatic N) is 4. The van der Waals surface area contributed by atoms with E-state index in [4.69, 9.17) is 4.74 Å². The number of likely N-dealkylation sites (tertiary alicyclic amines) is 1. The Balaban J connectivity index is 0.876. The third-order valence-corrected chi connectivity index (χ3v) is 13.7. The van der Waals surface area contributed by atoms with Crippen molar-refractivity contribution < 1.29 is 38.6 Å². The van der Waals surface area contributed by atoms with Crippen LogP contribution in [0.1, 0.15) is 121 Å². The lowest BCUT2D eigenvalue weighted by atomic mass is 9.85. The number of rotatable bonds is 24. The van der Waals surface area contributed by atoms with Crippen LogP contribution in [0.4, 0.5) is 23.0 Å². The molecule has 1 aliphatic rings. The lowest BCUT2D eigenvalue weighted by Crippen LogP contribution is -2.57. The van der Waals surface area contributed by atoms with E-state index in [-0.39, 0.29) is 66.9 Å². The number of carbonyl (C=O) groups is 6. The summed E-state index contributed by atoms with van der Waals surface area (Å²) in [6, 6.07) is 16.1. The van der Waals surface area contributed by atoms with Crippen LogP contribution in [0.2, 0.25) is 0 Å². The van der Waals surface area contributed by atoms with Gasteiger partial charge in [-0.25, -0.2) is 15.0 Å². The Morgan fingerprint density at radius 1 is 0.784 bits per heavy atom. The summed E-state index contributed by atoms with van der Waals surface area (Å²) in [4.78, 5) is 94.4. The molecule has 4 heterocycles. The van der Waals surface area contributed by atoms with Gasteiger partial charge in [0.15, 0.2) is 5.75 Å². The van der Waals surface area contributed by atoms with Gasteiger partial charge < -0.3 is 52.0 Å². The highest BCUT2D eigenvalue weighted by Gasteiger charge is 2.44. The summed E-state index contributed by atoms with van der Waals surface area (Å²) in [5, 5.41) is 30.9. The van der Waals surface area contributed by atoms with Gasteiger partial charge in [0.2, 0.25) is 17.7 Å². The number of amides is 6. The van der Waals surface area contributed by atoms with Gasteiger partial charge in [-0.3, -0.25) is 28.8 Å². The second kappa shape index (κ2) is 26.5. The average Bonchev–Trinajstić information content (AvgIpc) is 4.01. The number of hydrogen-bond donors (Lipinski definition) is 8. The molecule has 3 aromatic heterocycles. The molecule has 0 radical (unpaired) electrons. The van der Waals surface area contributed by atoms with Crippen LogP contribution in [0.3, 0.4) is 0 Å². The van der Waals surface area contributed by atoms with Crippen LogP contribution in [0, 0.1) is 12.3 Å². The molecule has 0 bridgehead atoms. The van der Waals surface area contributed by atoms with Crippen LogP contribution in [0.5, 0.6) is 5.75 Å². The van der Waals surface area contributed by atoms with Crippen LogP contribution < -0.4 is 42.0 Å². The number of unbranched alkanes of at least 4 members (excludes halogenated alkanes) is 6. The minimum atomic E-state index is -0.881. The number of nitrogens with one attached hydrogen (secondary N) is 7. The van der Waals surface area contributed by atoms with E-state index in [9.17, 15) is 33.9 Å². The van der Waals surface area contributed by atoms with Gasteiger partial charge in [-0.1, -0.05) is 83.2 Å². The fraction of sp³-hybridized carbons (Fsp3) is 0.426. The maximum Gasteiger partial charge on any atom is 0.254 e. The molecule has 0 aliphatic carbocycles. The Labute approximate surface area is 436 Å². The van der Waals surface area contributed by atoms with Crippen LogP contribution in [0.15, 0.2) is 78.6 Å². The number of carbonyl (C=O) groups excluding carboxylic acids is 6.